The monoisotopic (exact) mass is 281 g/mol. The molecule has 3 rings (SSSR count). The Balaban J connectivity index is 2.02. The molecule has 1 heterocycles. The summed E-state index contributed by atoms with van der Waals surface area (Å²) in [6.07, 6.45) is 1.92. The molecule has 0 spiro atoms. The van der Waals surface area contributed by atoms with Gasteiger partial charge in [0, 0.05) is 11.9 Å². The van der Waals surface area contributed by atoms with Crippen molar-refractivity contribution in [3.8, 4) is 5.69 Å². The molecule has 2 aromatic carbocycles. The number of aryl methyl sites for hydroxylation is 2. The molecule has 106 valence electrons. The molecule has 0 radical (unpaired) electrons. The van der Waals surface area contributed by atoms with Gasteiger partial charge in [-0.1, -0.05) is 24.3 Å². The van der Waals surface area contributed by atoms with Gasteiger partial charge < -0.3 is 5.32 Å². The van der Waals surface area contributed by atoms with Crippen LogP contribution in [0.2, 0.25) is 0 Å². The van der Waals surface area contributed by atoms with Gasteiger partial charge in [0.2, 0.25) is 5.95 Å². The molecule has 1 aromatic heterocycles. The lowest BCUT2D eigenvalue weighted by atomic mass is 10.2. The Morgan fingerprint density at radius 2 is 1.81 bits per heavy atom. The van der Waals surface area contributed by atoms with E-state index in [1.54, 1.807) is 12.1 Å². The minimum atomic E-state index is -0.291. The molecule has 0 amide bonds. The average Bonchev–Trinajstić information content (AvgIpc) is 2.85. The number of anilines is 2. The number of para-hydroxylation sites is 1. The Labute approximate surface area is 123 Å². The van der Waals surface area contributed by atoms with Crippen LogP contribution in [0.4, 0.5) is 16.0 Å². The third-order valence-corrected chi connectivity index (χ3v) is 3.23. The highest BCUT2D eigenvalue weighted by Crippen LogP contribution is 2.23. The van der Waals surface area contributed by atoms with Gasteiger partial charge in [0.25, 0.3) is 0 Å². The van der Waals surface area contributed by atoms with Crippen LogP contribution in [0.15, 0.2) is 54.7 Å². The quantitative estimate of drug-likeness (QED) is 0.772. The number of halogens is 1. The molecule has 0 saturated carbocycles. The molecule has 21 heavy (non-hydrogen) atoms. The zero-order valence-corrected chi connectivity index (χ0v) is 12.0. The van der Waals surface area contributed by atoms with Gasteiger partial charge in [0.15, 0.2) is 0 Å². The molecule has 3 nitrogen and oxygen atoms in total. The lowest BCUT2D eigenvalue weighted by molar-refractivity contribution is 0.631. The first kappa shape index (κ1) is 13.4. The Morgan fingerprint density at radius 1 is 1.05 bits per heavy atom. The van der Waals surface area contributed by atoms with Crippen molar-refractivity contribution in [2.45, 2.75) is 13.8 Å². The fraction of sp³-hybridized carbons (Fsp3) is 0.118. The highest BCUT2D eigenvalue weighted by atomic mass is 19.1. The fourth-order valence-electron chi connectivity index (χ4n) is 2.23. The summed E-state index contributed by atoms with van der Waals surface area (Å²) in [6.45, 7) is 3.84. The maximum Gasteiger partial charge on any atom is 0.212 e. The number of benzene rings is 2. The van der Waals surface area contributed by atoms with Crippen molar-refractivity contribution in [3.05, 3.63) is 71.8 Å². The number of nitrogens with zero attached hydrogens (tertiary/aromatic N) is 2. The van der Waals surface area contributed by atoms with E-state index in [-0.39, 0.29) is 5.82 Å². The second-order valence-electron chi connectivity index (χ2n) is 5.02. The molecule has 1 N–H and O–H groups in total. The smallest absolute Gasteiger partial charge is 0.212 e. The molecule has 0 aliphatic carbocycles. The number of nitrogens with one attached hydrogen (secondary N) is 1. The third-order valence-electron chi connectivity index (χ3n) is 3.23. The van der Waals surface area contributed by atoms with E-state index in [2.05, 4.69) is 10.3 Å². The minimum absolute atomic E-state index is 0.291. The van der Waals surface area contributed by atoms with E-state index in [1.165, 1.54) is 6.07 Å². The predicted molar refractivity (Wildman–Crippen MR) is 82.7 cm³/mol. The van der Waals surface area contributed by atoms with Gasteiger partial charge in [-0.25, -0.2) is 9.37 Å². The molecule has 0 fully saturated rings. The molecule has 0 saturated heterocycles. The van der Waals surface area contributed by atoms with Crippen molar-refractivity contribution in [1.29, 1.82) is 0 Å². The van der Waals surface area contributed by atoms with Crippen LogP contribution in [-0.2, 0) is 0 Å². The number of aromatic nitrogens is 2. The Morgan fingerprint density at radius 3 is 2.57 bits per heavy atom. The zero-order valence-electron chi connectivity index (χ0n) is 12.0. The number of rotatable bonds is 3. The van der Waals surface area contributed by atoms with Gasteiger partial charge >= 0.3 is 0 Å². The highest BCUT2D eigenvalue weighted by molar-refractivity contribution is 5.58. The summed E-state index contributed by atoms with van der Waals surface area (Å²) < 4.78 is 15.8. The maximum absolute atomic E-state index is 13.9. The standard InChI is InChI=1S/C17H16FN3/c1-12-8-9-15(18)16(10-12)20-17-19-13(2)11-21(17)14-6-4-3-5-7-14/h3-11H,1-2H3,(H,19,20). The first-order valence-electron chi connectivity index (χ1n) is 6.78. The first-order valence-corrected chi connectivity index (χ1v) is 6.78. The molecular weight excluding hydrogens is 265 g/mol. The van der Waals surface area contributed by atoms with E-state index in [1.807, 2.05) is 54.9 Å². The normalized spacial score (nSPS) is 10.6. The summed E-state index contributed by atoms with van der Waals surface area (Å²) in [7, 11) is 0. The minimum Gasteiger partial charge on any atom is -0.323 e. The SMILES string of the molecule is Cc1ccc(F)c(Nc2nc(C)cn2-c2ccccc2)c1. The van der Waals surface area contributed by atoms with Crippen LogP contribution >= 0.6 is 0 Å². The Hall–Kier alpha value is -2.62. The van der Waals surface area contributed by atoms with Crippen LogP contribution in [0, 0.1) is 19.7 Å². The molecule has 3 aromatic rings. The van der Waals surface area contributed by atoms with Gasteiger partial charge in [0.05, 0.1) is 11.4 Å². The summed E-state index contributed by atoms with van der Waals surface area (Å²) in [6, 6.07) is 14.8. The van der Waals surface area contributed by atoms with Crippen molar-refractivity contribution >= 4 is 11.6 Å². The highest BCUT2D eigenvalue weighted by Gasteiger charge is 2.10. The van der Waals surface area contributed by atoms with Crippen LogP contribution < -0.4 is 5.32 Å². The summed E-state index contributed by atoms with van der Waals surface area (Å²) in [5.41, 5.74) is 3.27. The third kappa shape index (κ3) is 2.79. The largest absolute Gasteiger partial charge is 0.323 e. The molecule has 0 aliphatic heterocycles. The molecule has 0 atom stereocenters. The number of hydrogen-bond donors (Lipinski definition) is 1. The molecule has 0 aliphatic rings. The van der Waals surface area contributed by atoms with Crippen LogP contribution in [0.1, 0.15) is 11.3 Å². The summed E-state index contributed by atoms with van der Waals surface area (Å²) in [5, 5.41) is 3.08. The molecule has 0 unspecified atom stereocenters. The van der Waals surface area contributed by atoms with Crippen molar-refractivity contribution in [3.63, 3.8) is 0 Å². The van der Waals surface area contributed by atoms with E-state index in [9.17, 15) is 4.39 Å². The maximum atomic E-state index is 13.9. The molecular formula is C17H16FN3. The van der Waals surface area contributed by atoms with E-state index < -0.39 is 0 Å². The van der Waals surface area contributed by atoms with E-state index >= 15 is 0 Å². The van der Waals surface area contributed by atoms with E-state index in [0.717, 1.165) is 16.9 Å². The van der Waals surface area contributed by atoms with E-state index in [4.69, 9.17) is 0 Å². The lowest BCUT2D eigenvalue weighted by Crippen LogP contribution is -2.02. The van der Waals surface area contributed by atoms with Gasteiger partial charge in [-0.2, -0.15) is 0 Å². The van der Waals surface area contributed by atoms with Crippen molar-refractivity contribution < 1.29 is 4.39 Å². The summed E-state index contributed by atoms with van der Waals surface area (Å²) in [5.74, 6) is 0.309. The van der Waals surface area contributed by atoms with Crippen molar-refractivity contribution in [1.82, 2.24) is 9.55 Å². The number of hydrogen-bond acceptors (Lipinski definition) is 2. The predicted octanol–water partition coefficient (Wildman–Crippen LogP) is 4.37. The van der Waals surface area contributed by atoms with Crippen LogP contribution in [0.5, 0.6) is 0 Å². The zero-order chi connectivity index (χ0) is 14.8. The molecule has 0 bridgehead atoms. The number of imidazole rings is 1. The van der Waals surface area contributed by atoms with Crippen LogP contribution in [0.3, 0.4) is 0 Å². The van der Waals surface area contributed by atoms with Gasteiger partial charge in [-0.05, 0) is 43.7 Å². The van der Waals surface area contributed by atoms with Crippen LogP contribution in [-0.4, -0.2) is 9.55 Å². The van der Waals surface area contributed by atoms with Gasteiger partial charge in [0.1, 0.15) is 5.82 Å². The second-order valence-corrected chi connectivity index (χ2v) is 5.02. The Kier molecular flexibility index (Phi) is 3.44. The van der Waals surface area contributed by atoms with Crippen molar-refractivity contribution in [2.24, 2.45) is 0 Å². The average molecular weight is 281 g/mol. The topological polar surface area (TPSA) is 29.9 Å². The van der Waals surface area contributed by atoms with Crippen LogP contribution in [0.25, 0.3) is 5.69 Å². The Bertz CT molecular complexity index is 763. The fourth-order valence-corrected chi connectivity index (χ4v) is 2.23. The lowest BCUT2D eigenvalue weighted by Gasteiger charge is -2.11. The van der Waals surface area contributed by atoms with Crippen molar-refractivity contribution in [2.75, 3.05) is 5.32 Å². The van der Waals surface area contributed by atoms with E-state index in [0.29, 0.717) is 11.6 Å². The van der Waals surface area contributed by atoms with Gasteiger partial charge in [-0.15, -0.1) is 0 Å². The van der Waals surface area contributed by atoms with Gasteiger partial charge in [-0.3, -0.25) is 4.57 Å². The summed E-state index contributed by atoms with van der Waals surface area (Å²) in [4.78, 5) is 4.44. The summed E-state index contributed by atoms with van der Waals surface area (Å²) >= 11 is 0. The molecule has 4 heteroatoms. The second kappa shape index (κ2) is 5.40. The first-order chi connectivity index (χ1) is 10.1.